The zero-order valence-corrected chi connectivity index (χ0v) is 9.12. The van der Waals surface area contributed by atoms with Gasteiger partial charge in [0.2, 0.25) is 0 Å². The van der Waals surface area contributed by atoms with Crippen molar-refractivity contribution in [2.24, 2.45) is 0 Å². The van der Waals surface area contributed by atoms with Gasteiger partial charge < -0.3 is 0 Å². The summed E-state index contributed by atoms with van der Waals surface area (Å²) in [5.41, 5.74) is -1.64. The molecule has 1 heterocycles. The van der Waals surface area contributed by atoms with Gasteiger partial charge in [-0.25, -0.2) is 4.98 Å². The third kappa shape index (κ3) is 2.88. The van der Waals surface area contributed by atoms with E-state index in [4.69, 9.17) is 0 Å². The lowest BCUT2D eigenvalue weighted by molar-refractivity contribution is -0.140. The second kappa shape index (κ2) is 3.71. The van der Waals surface area contributed by atoms with E-state index in [9.17, 15) is 25.5 Å². The number of halogens is 5. The molecule has 0 aromatic carbocycles. The summed E-state index contributed by atoms with van der Waals surface area (Å²) in [6.45, 7) is 0. The highest BCUT2D eigenvalue weighted by atomic mass is 79.9. The third-order valence-electron chi connectivity index (χ3n) is 1.35. The van der Waals surface area contributed by atoms with E-state index in [1.54, 1.807) is 0 Å². The largest absolute Gasteiger partial charge is 0.419 e. The average Bonchev–Trinajstić information content (AvgIpc) is 2.00. The number of hydrogen-bond acceptors (Lipinski definition) is 3. The Balaban J connectivity index is 3.55. The van der Waals surface area contributed by atoms with Crippen molar-refractivity contribution in [3.8, 4) is 0 Å². The van der Waals surface area contributed by atoms with Crippen LogP contribution >= 0.6 is 15.9 Å². The Morgan fingerprint density at radius 2 is 1.87 bits per heavy atom. The number of nitrogens with zero attached hydrogens (tertiary/aromatic N) is 1. The highest BCUT2D eigenvalue weighted by molar-refractivity contribution is 9.10. The molecule has 1 aromatic rings. The van der Waals surface area contributed by atoms with Crippen LogP contribution in [-0.2, 0) is 16.4 Å². The summed E-state index contributed by atoms with van der Waals surface area (Å²) >= 11 is 2.68. The van der Waals surface area contributed by atoms with E-state index in [0.29, 0.717) is 6.07 Å². The predicted octanol–water partition coefficient (Wildman–Crippen LogP) is 2.52. The highest BCUT2D eigenvalue weighted by Crippen LogP contribution is 2.35. The van der Waals surface area contributed by atoms with Crippen molar-refractivity contribution in [1.29, 1.82) is 0 Å². The lowest BCUT2D eigenvalue weighted by Gasteiger charge is -2.09. The first-order valence-corrected chi connectivity index (χ1v) is 5.47. The maximum atomic E-state index is 12.4. The van der Waals surface area contributed by atoms with Gasteiger partial charge in [0.05, 0.1) is 5.56 Å². The molecule has 0 fully saturated rings. The van der Waals surface area contributed by atoms with E-state index >= 15 is 0 Å². The van der Waals surface area contributed by atoms with Gasteiger partial charge in [-0.15, -0.1) is 0 Å². The molecule has 0 N–H and O–H groups in total. The van der Waals surface area contributed by atoms with Gasteiger partial charge >= 0.3 is 16.4 Å². The van der Waals surface area contributed by atoms with Crippen molar-refractivity contribution in [1.82, 2.24) is 4.98 Å². The number of pyridine rings is 1. The Labute approximate surface area is 90.5 Å². The van der Waals surface area contributed by atoms with E-state index in [-0.39, 0.29) is 4.47 Å². The Hall–Kier alpha value is -0.700. The molecule has 0 saturated heterocycles. The molecule has 84 valence electrons. The summed E-state index contributed by atoms with van der Waals surface area (Å²) in [7, 11) is -5.49. The van der Waals surface area contributed by atoms with Gasteiger partial charge in [0.1, 0.15) is 0 Å². The van der Waals surface area contributed by atoms with E-state index in [0.717, 1.165) is 6.20 Å². The topological polar surface area (TPSA) is 47.0 Å². The van der Waals surface area contributed by atoms with Crippen LogP contribution in [-0.4, -0.2) is 13.4 Å². The minimum absolute atomic E-state index is 0.0952. The van der Waals surface area contributed by atoms with Gasteiger partial charge in [-0.1, -0.05) is 3.89 Å². The van der Waals surface area contributed by atoms with E-state index < -0.39 is 27.0 Å². The van der Waals surface area contributed by atoms with Crippen LogP contribution in [0.15, 0.2) is 21.8 Å². The number of hydrogen-bond donors (Lipinski definition) is 0. The minimum Gasteiger partial charge on any atom is -0.241 e. The first-order valence-electron chi connectivity index (χ1n) is 3.30. The van der Waals surface area contributed by atoms with Crippen molar-refractivity contribution in [3.63, 3.8) is 0 Å². The van der Waals surface area contributed by atoms with Crippen LogP contribution in [0.25, 0.3) is 0 Å². The van der Waals surface area contributed by atoms with Crippen molar-refractivity contribution in [2.75, 3.05) is 0 Å². The molecule has 9 heteroatoms. The Bertz CT molecular complexity index is 484. The maximum Gasteiger partial charge on any atom is 0.419 e. The molecule has 0 spiro atoms. The Kier molecular flexibility index (Phi) is 3.06. The van der Waals surface area contributed by atoms with E-state index in [1.165, 1.54) is 0 Å². The summed E-state index contributed by atoms with van der Waals surface area (Å²) in [6, 6.07) is 0.444. The molecule has 0 aliphatic rings. The van der Waals surface area contributed by atoms with Crippen LogP contribution in [0.1, 0.15) is 5.56 Å². The normalized spacial score (nSPS) is 12.9. The molecular weight excluding hydrogens is 306 g/mol. The monoisotopic (exact) mass is 307 g/mol. The van der Waals surface area contributed by atoms with Crippen LogP contribution in [0, 0.1) is 0 Å². The van der Waals surface area contributed by atoms with Crippen molar-refractivity contribution >= 4 is 26.2 Å². The molecule has 3 nitrogen and oxygen atoms in total. The average molecular weight is 308 g/mol. The molecule has 0 amide bonds. The third-order valence-corrected chi connectivity index (χ3v) is 2.58. The second-order valence-electron chi connectivity index (χ2n) is 2.44. The van der Waals surface area contributed by atoms with Gasteiger partial charge in [0, 0.05) is 10.7 Å². The van der Waals surface area contributed by atoms with Gasteiger partial charge in [-0.2, -0.15) is 21.6 Å². The zero-order valence-electron chi connectivity index (χ0n) is 6.72. The van der Waals surface area contributed by atoms with E-state index in [2.05, 4.69) is 20.9 Å². The molecule has 0 aliphatic heterocycles. The predicted molar refractivity (Wildman–Crippen MR) is 45.2 cm³/mol. The summed E-state index contributed by atoms with van der Waals surface area (Å²) in [5, 5.41) is -1.63. The van der Waals surface area contributed by atoms with Crippen molar-refractivity contribution in [2.45, 2.75) is 11.2 Å². The standard InChI is InChI=1S/C6H2BrF4NO2S/c7-3-1-4(6(8,9)10)5(12-2-3)15(11,13)14/h1-2H. The van der Waals surface area contributed by atoms with E-state index in [1.807, 2.05) is 0 Å². The zero-order chi connectivity index (χ0) is 11.9. The lowest BCUT2D eigenvalue weighted by Crippen LogP contribution is -2.12. The molecule has 0 radical (unpaired) electrons. The fourth-order valence-corrected chi connectivity index (χ4v) is 1.77. The van der Waals surface area contributed by atoms with Crippen LogP contribution in [0.2, 0.25) is 0 Å². The number of aromatic nitrogens is 1. The highest BCUT2D eigenvalue weighted by Gasteiger charge is 2.38. The molecule has 1 rings (SSSR count). The fourth-order valence-electron chi connectivity index (χ4n) is 0.824. The van der Waals surface area contributed by atoms with Crippen LogP contribution in [0.4, 0.5) is 17.1 Å². The Morgan fingerprint density at radius 3 is 2.27 bits per heavy atom. The summed E-state index contributed by atoms with van der Waals surface area (Å²) in [5.74, 6) is 0. The maximum absolute atomic E-state index is 12.4. The quantitative estimate of drug-likeness (QED) is 0.591. The molecule has 15 heavy (non-hydrogen) atoms. The number of rotatable bonds is 1. The summed E-state index contributed by atoms with van der Waals surface area (Å²) < 4.78 is 69.9. The minimum atomic E-state index is -5.49. The lowest BCUT2D eigenvalue weighted by atomic mass is 10.3. The first-order chi connectivity index (χ1) is 6.62. The number of alkyl halides is 3. The smallest absolute Gasteiger partial charge is 0.241 e. The summed E-state index contributed by atoms with van der Waals surface area (Å²) in [6.07, 6.45) is -4.22. The van der Waals surface area contributed by atoms with Crippen molar-refractivity contribution < 1.29 is 25.5 Å². The molecule has 1 aromatic heterocycles. The van der Waals surface area contributed by atoms with Gasteiger partial charge in [-0.3, -0.25) is 0 Å². The molecule has 0 unspecified atom stereocenters. The van der Waals surface area contributed by atoms with Gasteiger partial charge in [0.25, 0.3) is 0 Å². The molecule has 0 bridgehead atoms. The van der Waals surface area contributed by atoms with Crippen LogP contribution in [0.5, 0.6) is 0 Å². The van der Waals surface area contributed by atoms with Gasteiger partial charge in [0.15, 0.2) is 5.03 Å². The SMILES string of the molecule is O=S(=O)(F)c1ncc(Br)cc1C(F)(F)F. The molecule has 0 saturated carbocycles. The molecular formula is C6H2BrF4NO2S. The van der Waals surface area contributed by atoms with Gasteiger partial charge in [-0.05, 0) is 22.0 Å². The van der Waals surface area contributed by atoms with Crippen LogP contribution < -0.4 is 0 Å². The second-order valence-corrected chi connectivity index (χ2v) is 4.62. The molecule has 0 atom stereocenters. The van der Waals surface area contributed by atoms with Crippen molar-refractivity contribution in [3.05, 3.63) is 22.3 Å². The van der Waals surface area contributed by atoms with Crippen LogP contribution in [0.3, 0.4) is 0 Å². The fraction of sp³-hybridized carbons (Fsp3) is 0.167. The molecule has 0 aliphatic carbocycles. The summed E-state index contributed by atoms with van der Waals surface area (Å²) in [4.78, 5) is 2.89. The Morgan fingerprint density at radius 1 is 1.33 bits per heavy atom. The first kappa shape index (κ1) is 12.4.